The summed E-state index contributed by atoms with van der Waals surface area (Å²) < 4.78 is 2.51. The number of ketones is 2. The van der Waals surface area contributed by atoms with Crippen molar-refractivity contribution >= 4 is 38.3 Å². The van der Waals surface area contributed by atoms with Gasteiger partial charge in [-0.25, -0.2) is 4.68 Å². The van der Waals surface area contributed by atoms with E-state index in [2.05, 4.69) is 21.0 Å². The standard InChI is InChI=1S/C22H15BrN2O2/c1-14(26)21-20(13-25(24-21)17-11-9-16(23)10-12-17)22(27)19-8-4-6-15-5-2-3-7-18(15)19/h2-13H,1H3. The van der Waals surface area contributed by atoms with Gasteiger partial charge in [0.2, 0.25) is 0 Å². The van der Waals surface area contributed by atoms with Gasteiger partial charge in [-0.05, 0) is 35.0 Å². The molecule has 0 aliphatic carbocycles. The zero-order valence-electron chi connectivity index (χ0n) is 14.5. The summed E-state index contributed by atoms with van der Waals surface area (Å²) in [7, 11) is 0. The molecule has 4 rings (SSSR count). The van der Waals surface area contributed by atoms with Crippen LogP contribution in [0.15, 0.2) is 77.4 Å². The lowest BCUT2D eigenvalue weighted by Gasteiger charge is -2.05. The molecular formula is C22H15BrN2O2. The van der Waals surface area contributed by atoms with E-state index in [0.29, 0.717) is 11.1 Å². The molecule has 0 aliphatic rings. The molecule has 0 saturated carbocycles. The molecule has 3 aromatic carbocycles. The highest BCUT2D eigenvalue weighted by Crippen LogP contribution is 2.24. The molecule has 1 heterocycles. The second-order valence-corrected chi connectivity index (χ2v) is 7.14. The predicted octanol–water partition coefficient (Wildman–Crippen LogP) is 5.22. The Balaban J connectivity index is 1.86. The second kappa shape index (κ2) is 6.93. The molecule has 0 N–H and O–H groups in total. The van der Waals surface area contributed by atoms with Crippen molar-refractivity contribution in [2.24, 2.45) is 0 Å². The van der Waals surface area contributed by atoms with Crippen molar-refractivity contribution in [2.75, 3.05) is 0 Å². The average Bonchev–Trinajstić information content (AvgIpc) is 3.13. The van der Waals surface area contributed by atoms with Crippen molar-refractivity contribution in [2.45, 2.75) is 6.92 Å². The number of rotatable bonds is 4. The molecule has 1 aromatic heterocycles. The maximum absolute atomic E-state index is 13.3. The Kier molecular flexibility index (Phi) is 4.46. The van der Waals surface area contributed by atoms with Crippen LogP contribution in [-0.2, 0) is 0 Å². The highest BCUT2D eigenvalue weighted by Gasteiger charge is 2.22. The number of fused-ring (bicyclic) bond motifs is 1. The SMILES string of the molecule is CC(=O)c1nn(-c2ccc(Br)cc2)cc1C(=O)c1cccc2ccccc12. The van der Waals surface area contributed by atoms with Crippen LogP contribution in [0.1, 0.15) is 33.3 Å². The largest absolute Gasteiger partial charge is 0.293 e. The molecule has 0 aliphatic heterocycles. The van der Waals surface area contributed by atoms with Crippen molar-refractivity contribution < 1.29 is 9.59 Å². The number of carbonyl (C=O) groups is 2. The van der Waals surface area contributed by atoms with Gasteiger partial charge in [0.25, 0.3) is 0 Å². The van der Waals surface area contributed by atoms with Gasteiger partial charge in [0.05, 0.1) is 11.3 Å². The molecule has 0 bridgehead atoms. The molecule has 0 radical (unpaired) electrons. The Morgan fingerprint density at radius 2 is 1.59 bits per heavy atom. The quantitative estimate of drug-likeness (QED) is 0.426. The Labute approximate surface area is 164 Å². The summed E-state index contributed by atoms with van der Waals surface area (Å²) in [5.41, 5.74) is 1.82. The number of Topliss-reactive ketones (excluding diaryl/α,β-unsaturated/α-hetero) is 1. The van der Waals surface area contributed by atoms with Crippen molar-refractivity contribution in [3.63, 3.8) is 0 Å². The predicted molar refractivity (Wildman–Crippen MR) is 109 cm³/mol. The van der Waals surface area contributed by atoms with Crippen molar-refractivity contribution in [1.82, 2.24) is 9.78 Å². The topological polar surface area (TPSA) is 52.0 Å². The minimum Gasteiger partial charge on any atom is -0.293 e. The number of hydrogen-bond acceptors (Lipinski definition) is 3. The zero-order valence-corrected chi connectivity index (χ0v) is 16.1. The van der Waals surface area contributed by atoms with Crippen molar-refractivity contribution in [1.29, 1.82) is 0 Å². The Hall–Kier alpha value is -3.05. The van der Waals surface area contributed by atoms with E-state index in [9.17, 15) is 9.59 Å². The average molecular weight is 419 g/mol. The van der Waals surface area contributed by atoms with Gasteiger partial charge in [0.15, 0.2) is 11.6 Å². The summed E-state index contributed by atoms with van der Waals surface area (Å²) in [5, 5.41) is 6.20. The van der Waals surface area contributed by atoms with Crippen LogP contribution in [0.3, 0.4) is 0 Å². The van der Waals surface area contributed by atoms with Gasteiger partial charge >= 0.3 is 0 Å². The Morgan fingerprint density at radius 3 is 2.33 bits per heavy atom. The van der Waals surface area contributed by atoms with Crippen LogP contribution in [0.2, 0.25) is 0 Å². The van der Waals surface area contributed by atoms with Gasteiger partial charge in [0, 0.05) is 23.2 Å². The maximum Gasteiger partial charge on any atom is 0.197 e. The summed E-state index contributed by atoms with van der Waals surface area (Å²) in [5.74, 6) is -0.449. The lowest BCUT2D eigenvalue weighted by atomic mass is 9.97. The van der Waals surface area contributed by atoms with Crippen LogP contribution < -0.4 is 0 Å². The van der Waals surface area contributed by atoms with E-state index < -0.39 is 0 Å². The van der Waals surface area contributed by atoms with Crippen LogP contribution in [-0.4, -0.2) is 21.3 Å². The third-order valence-corrected chi connectivity index (χ3v) is 4.95. The smallest absolute Gasteiger partial charge is 0.197 e. The lowest BCUT2D eigenvalue weighted by Crippen LogP contribution is -2.07. The van der Waals surface area contributed by atoms with E-state index in [1.54, 1.807) is 16.9 Å². The van der Waals surface area contributed by atoms with Gasteiger partial charge in [-0.1, -0.05) is 58.4 Å². The molecule has 4 aromatic rings. The fraction of sp³-hybridized carbons (Fsp3) is 0.0455. The number of halogens is 1. The first-order chi connectivity index (χ1) is 13.0. The molecule has 27 heavy (non-hydrogen) atoms. The third-order valence-electron chi connectivity index (χ3n) is 4.42. The molecule has 132 valence electrons. The molecule has 0 unspecified atom stereocenters. The monoisotopic (exact) mass is 418 g/mol. The molecular weight excluding hydrogens is 404 g/mol. The van der Waals surface area contributed by atoms with E-state index in [-0.39, 0.29) is 17.3 Å². The summed E-state index contributed by atoms with van der Waals surface area (Å²) in [6.07, 6.45) is 1.63. The van der Waals surface area contributed by atoms with Crippen LogP contribution in [0.25, 0.3) is 16.5 Å². The van der Waals surface area contributed by atoms with Crippen LogP contribution in [0.5, 0.6) is 0 Å². The fourth-order valence-corrected chi connectivity index (χ4v) is 3.36. The number of benzene rings is 3. The molecule has 0 amide bonds. The summed E-state index contributed by atoms with van der Waals surface area (Å²) in [6, 6.07) is 20.8. The minimum absolute atomic E-state index is 0.177. The maximum atomic E-state index is 13.3. The molecule has 4 nitrogen and oxygen atoms in total. The minimum atomic E-state index is -0.241. The Morgan fingerprint density at radius 1 is 0.889 bits per heavy atom. The number of hydrogen-bond donors (Lipinski definition) is 0. The van der Waals surface area contributed by atoms with Crippen LogP contribution in [0.4, 0.5) is 0 Å². The van der Waals surface area contributed by atoms with E-state index >= 15 is 0 Å². The first-order valence-corrected chi connectivity index (χ1v) is 9.23. The summed E-state index contributed by atoms with van der Waals surface area (Å²) in [4.78, 5) is 25.4. The molecule has 0 atom stereocenters. The first kappa shape index (κ1) is 17.4. The summed E-state index contributed by atoms with van der Waals surface area (Å²) in [6.45, 7) is 1.42. The van der Waals surface area contributed by atoms with Crippen molar-refractivity contribution in [3.05, 3.63) is 94.2 Å². The third kappa shape index (κ3) is 3.22. The van der Waals surface area contributed by atoms with Gasteiger partial charge in [-0.15, -0.1) is 0 Å². The van der Waals surface area contributed by atoms with E-state index in [1.807, 2.05) is 60.7 Å². The van der Waals surface area contributed by atoms with Gasteiger partial charge in [0.1, 0.15) is 5.69 Å². The molecule has 5 heteroatoms. The molecule has 0 fully saturated rings. The molecule has 0 saturated heterocycles. The zero-order chi connectivity index (χ0) is 19.0. The molecule has 0 spiro atoms. The highest BCUT2D eigenvalue weighted by atomic mass is 79.9. The normalized spacial score (nSPS) is 10.9. The van der Waals surface area contributed by atoms with E-state index in [4.69, 9.17) is 0 Å². The lowest BCUT2D eigenvalue weighted by molar-refractivity contribution is 0.0987. The first-order valence-electron chi connectivity index (χ1n) is 8.43. The van der Waals surface area contributed by atoms with E-state index in [0.717, 1.165) is 20.9 Å². The Bertz CT molecular complexity index is 1170. The number of carbonyl (C=O) groups excluding carboxylic acids is 2. The number of nitrogens with zero attached hydrogens (tertiary/aromatic N) is 2. The van der Waals surface area contributed by atoms with Crippen LogP contribution in [0, 0.1) is 0 Å². The van der Waals surface area contributed by atoms with Gasteiger partial charge < -0.3 is 0 Å². The van der Waals surface area contributed by atoms with Crippen LogP contribution >= 0.6 is 15.9 Å². The number of aromatic nitrogens is 2. The van der Waals surface area contributed by atoms with Gasteiger partial charge in [-0.2, -0.15) is 5.10 Å². The van der Waals surface area contributed by atoms with E-state index in [1.165, 1.54) is 6.92 Å². The summed E-state index contributed by atoms with van der Waals surface area (Å²) >= 11 is 3.40. The van der Waals surface area contributed by atoms with Crippen molar-refractivity contribution in [3.8, 4) is 5.69 Å². The fourth-order valence-electron chi connectivity index (χ4n) is 3.09. The highest BCUT2D eigenvalue weighted by molar-refractivity contribution is 9.10. The van der Waals surface area contributed by atoms with Gasteiger partial charge in [-0.3, -0.25) is 9.59 Å². The second-order valence-electron chi connectivity index (χ2n) is 6.22.